The van der Waals surface area contributed by atoms with Crippen molar-refractivity contribution in [1.29, 1.82) is 0 Å². The maximum absolute atomic E-state index is 5.95. The first kappa shape index (κ1) is 7.93. The van der Waals surface area contributed by atoms with Gasteiger partial charge in [-0.2, -0.15) is 0 Å². The second kappa shape index (κ2) is 3.29. The molecule has 2 heteroatoms. The molecule has 58 valence electrons. The van der Waals surface area contributed by atoms with E-state index in [0.717, 1.165) is 24.5 Å². The van der Waals surface area contributed by atoms with Gasteiger partial charge in [0.2, 0.25) is 0 Å². The molecule has 0 aromatic rings. The van der Waals surface area contributed by atoms with E-state index in [-0.39, 0.29) is 5.38 Å². The van der Waals surface area contributed by atoms with Gasteiger partial charge in [-0.1, -0.05) is 19.4 Å². The normalized spacial score (nSPS) is 33.6. The maximum atomic E-state index is 5.95. The molecule has 0 heterocycles. The highest BCUT2D eigenvalue weighted by atomic mass is 35.5. The average Bonchev–Trinajstić information content (AvgIpc) is 1.95. The van der Waals surface area contributed by atoms with Gasteiger partial charge in [-0.05, 0) is 18.8 Å². The summed E-state index contributed by atoms with van der Waals surface area (Å²) in [6, 6.07) is 0. The topological polar surface area (TPSA) is 26.0 Å². The van der Waals surface area contributed by atoms with E-state index < -0.39 is 0 Å². The van der Waals surface area contributed by atoms with E-state index in [1.54, 1.807) is 0 Å². The quantitative estimate of drug-likeness (QED) is 0.584. The fourth-order valence-electron chi connectivity index (χ4n) is 1.29. The van der Waals surface area contributed by atoms with Crippen LogP contribution in [0.5, 0.6) is 0 Å². The van der Waals surface area contributed by atoms with Crippen molar-refractivity contribution in [1.82, 2.24) is 0 Å². The predicted molar refractivity (Wildman–Crippen MR) is 44.9 cm³/mol. The summed E-state index contributed by atoms with van der Waals surface area (Å²) in [6.07, 6.45) is 5.45. The summed E-state index contributed by atoms with van der Waals surface area (Å²) < 4.78 is 0. The predicted octanol–water partition coefficient (Wildman–Crippen LogP) is 2.26. The highest BCUT2D eigenvalue weighted by Gasteiger charge is 2.18. The second-order valence-electron chi connectivity index (χ2n) is 2.92. The van der Waals surface area contributed by atoms with E-state index in [2.05, 4.69) is 13.0 Å². The summed E-state index contributed by atoms with van der Waals surface area (Å²) >= 11 is 5.95. The SMILES string of the molecule is CCC1CC=C(N)C(Cl)C1. The van der Waals surface area contributed by atoms with Crippen LogP contribution in [0.3, 0.4) is 0 Å². The smallest absolute Gasteiger partial charge is 0.0729 e. The number of alkyl halides is 1. The molecule has 0 aliphatic heterocycles. The Morgan fingerprint density at radius 2 is 2.50 bits per heavy atom. The zero-order valence-electron chi connectivity index (χ0n) is 6.31. The van der Waals surface area contributed by atoms with Gasteiger partial charge in [-0.3, -0.25) is 0 Å². The molecule has 0 aromatic carbocycles. The van der Waals surface area contributed by atoms with E-state index in [9.17, 15) is 0 Å². The van der Waals surface area contributed by atoms with Crippen LogP contribution in [-0.2, 0) is 0 Å². The summed E-state index contributed by atoms with van der Waals surface area (Å²) in [5.41, 5.74) is 6.49. The molecule has 10 heavy (non-hydrogen) atoms. The van der Waals surface area contributed by atoms with Gasteiger partial charge in [-0.15, -0.1) is 11.6 Å². The molecule has 0 amide bonds. The molecule has 2 atom stereocenters. The monoisotopic (exact) mass is 159 g/mol. The Morgan fingerprint density at radius 1 is 1.80 bits per heavy atom. The first-order valence-electron chi connectivity index (χ1n) is 3.83. The van der Waals surface area contributed by atoms with Crippen LogP contribution in [0.15, 0.2) is 11.8 Å². The van der Waals surface area contributed by atoms with Crippen molar-refractivity contribution >= 4 is 11.6 Å². The van der Waals surface area contributed by atoms with Crippen molar-refractivity contribution in [3.8, 4) is 0 Å². The summed E-state index contributed by atoms with van der Waals surface area (Å²) in [5.74, 6) is 0.759. The van der Waals surface area contributed by atoms with Crippen LogP contribution >= 0.6 is 11.6 Å². The summed E-state index contributed by atoms with van der Waals surface area (Å²) in [7, 11) is 0. The highest BCUT2D eigenvalue weighted by molar-refractivity contribution is 6.22. The first-order chi connectivity index (χ1) is 4.74. The van der Waals surface area contributed by atoms with Crippen molar-refractivity contribution < 1.29 is 0 Å². The van der Waals surface area contributed by atoms with E-state index in [4.69, 9.17) is 17.3 Å². The van der Waals surface area contributed by atoms with Gasteiger partial charge in [0.05, 0.1) is 5.38 Å². The molecule has 0 fully saturated rings. The Kier molecular flexibility index (Phi) is 2.61. The Hall–Kier alpha value is -0.170. The number of nitrogens with two attached hydrogens (primary N) is 1. The molecule has 0 aromatic heterocycles. The van der Waals surface area contributed by atoms with E-state index in [1.807, 2.05) is 0 Å². The van der Waals surface area contributed by atoms with Crippen LogP contribution in [-0.4, -0.2) is 5.38 Å². The van der Waals surface area contributed by atoms with Crippen molar-refractivity contribution in [2.75, 3.05) is 0 Å². The zero-order chi connectivity index (χ0) is 7.56. The second-order valence-corrected chi connectivity index (χ2v) is 3.44. The number of hydrogen-bond acceptors (Lipinski definition) is 1. The lowest BCUT2D eigenvalue weighted by atomic mass is 9.90. The zero-order valence-corrected chi connectivity index (χ0v) is 7.06. The molecule has 1 rings (SSSR count). The van der Waals surface area contributed by atoms with Crippen molar-refractivity contribution in [2.24, 2.45) is 11.7 Å². The van der Waals surface area contributed by atoms with Crippen molar-refractivity contribution in [3.63, 3.8) is 0 Å². The lowest BCUT2D eigenvalue weighted by Gasteiger charge is -2.22. The maximum Gasteiger partial charge on any atom is 0.0729 e. The minimum absolute atomic E-state index is 0.0960. The van der Waals surface area contributed by atoms with Gasteiger partial charge in [0.25, 0.3) is 0 Å². The number of hydrogen-bond donors (Lipinski definition) is 1. The molecule has 0 saturated heterocycles. The molecule has 1 aliphatic rings. The molecule has 0 saturated carbocycles. The van der Waals surface area contributed by atoms with Gasteiger partial charge in [-0.25, -0.2) is 0 Å². The standard InChI is InChI=1S/C8H14ClN/c1-2-6-3-4-8(10)7(9)5-6/h4,6-7H,2-3,5,10H2,1H3. The summed E-state index contributed by atoms with van der Waals surface area (Å²) in [4.78, 5) is 0. The fraction of sp³-hybridized carbons (Fsp3) is 0.750. The average molecular weight is 160 g/mol. The molecule has 0 radical (unpaired) electrons. The largest absolute Gasteiger partial charge is 0.401 e. The van der Waals surface area contributed by atoms with E-state index in [1.165, 1.54) is 6.42 Å². The minimum atomic E-state index is 0.0960. The molecule has 2 N–H and O–H groups in total. The lowest BCUT2D eigenvalue weighted by molar-refractivity contribution is 0.458. The van der Waals surface area contributed by atoms with Crippen LogP contribution in [0.25, 0.3) is 0 Å². The summed E-state index contributed by atoms with van der Waals surface area (Å²) in [6.45, 7) is 2.20. The Labute approximate surface area is 67.2 Å². The van der Waals surface area contributed by atoms with E-state index >= 15 is 0 Å². The fourth-order valence-corrected chi connectivity index (χ4v) is 1.63. The van der Waals surface area contributed by atoms with Crippen molar-refractivity contribution in [2.45, 2.75) is 31.6 Å². The molecule has 2 unspecified atom stereocenters. The minimum Gasteiger partial charge on any atom is -0.401 e. The van der Waals surface area contributed by atoms with Crippen LogP contribution in [0, 0.1) is 5.92 Å². The molecule has 1 aliphatic carbocycles. The van der Waals surface area contributed by atoms with Crippen LogP contribution in [0.4, 0.5) is 0 Å². The molecule has 0 spiro atoms. The lowest BCUT2D eigenvalue weighted by Crippen LogP contribution is -2.20. The van der Waals surface area contributed by atoms with Crippen LogP contribution in [0.2, 0.25) is 0 Å². The molecule has 1 nitrogen and oxygen atoms in total. The van der Waals surface area contributed by atoms with Gasteiger partial charge in [0.15, 0.2) is 0 Å². The third-order valence-electron chi connectivity index (χ3n) is 2.17. The van der Waals surface area contributed by atoms with Gasteiger partial charge >= 0.3 is 0 Å². The summed E-state index contributed by atoms with van der Waals surface area (Å²) in [5, 5.41) is 0.0960. The van der Waals surface area contributed by atoms with Gasteiger partial charge < -0.3 is 5.73 Å². The Bertz CT molecular complexity index is 142. The van der Waals surface area contributed by atoms with E-state index in [0.29, 0.717) is 0 Å². The Morgan fingerprint density at radius 3 is 3.00 bits per heavy atom. The first-order valence-corrected chi connectivity index (χ1v) is 4.27. The number of halogens is 1. The van der Waals surface area contributed by atoms with Gasteiger partial charge in [0.1, 0.15) is 0 Å². The Balaban J connectivity index is 2.51. The molecule has 0 bridgehead atoms. The van der Waals surface area contributed by atoms with Crippen molar-refractivity contribution in [3.05, 3.63) is 11.8 Å². The number of allylic oxidation sites excluding steroid dienone is 2. The van der Waals surface area contributed by atoms with Crippen LogP contribution in [0.1, 0.15) is 26.2 Å². The molecular formula is C8H14ClN. The highest BCUT2D eigenvalue weighted by Crippen LogP contribution is 2.27. The van der Waals surface area contributed by atoms with Crippen LogP contribution < -0.4 is 5.73 Å². The molecular weight excluding hydrogens is 146 g/mol. The van der Waals surface area contributed by atoms with Gasteiger partial charge in [0, 0.05) is 5.70 Å². The third-order valence-corrected chi connectivity index (χ3v) is 2.60. The number of rotatable bonds is 1. The third kappa shape index (κ3) is 1.66.